The van der Waals surface area contributed by atoms with Crippen LogP contribution < -0.4 is 4.74 Å². The molecule has 0 fully saturated rings. The monoisotopic (exact) mass is 338 g/mol. The Balaban J connectivity index is 2.27. The smallest absolute Gasteiger partial charge is 0.413 e. The fourth-order valence-electron chi connectivity index (χ4n) is 2.91. The first-order valence-electron chi connectivity index (χ1n) is 7.13. The van der Waals surface area contributed by atoms with Crippen molar-refractivity contribution in [3.8, 4) is 5.75 Å². The minimum atomic E-state index is -4.37. The van der Waals surface area contributed by atoms with Gasteiger partial charge in [-0.2, -0.15) is 13.2 Å². The molecule has 0 aromatic heterocycles. The Bertz CT molecular complexity index is 761. The second-order valence-corrected chi connectivity index (χ2v) is 5.82. The fourth-order valence-corrected chi connectivity index (χ4v) is 3.04. The Morgan fingerprint density at radius 2 is 1.70 bits per heavy atom. The highest BCUT2D eigenvalue weighted by molar-refractivity contribution is 6.30. The Morgan fingerprint density at radius 1 is 1.00 bits per heavy atom. The van der Waals surface area contributed by atoms with E-state index in [4.69, 9.17) is 16.3 Å². The van der Waals surface area contributed by atoms with E-state index < -0.39 is 11.7 Å². The predicted octanol–water partition coefficient (Wildman–Crippen LogP) is 5.66. The highest BCUT2D eigenvalue weighted by Gasteiger charge is 2.38. The van der Waals surface area contributed by atoms with Crippen LogP contribution in [0.15, 0.2) is 48.0 Å². The average Bonchev–Trinajstić information content (AvgIpc) is 2.53. The number of allylic oxidation sites excluding steroid dienone is 1. The molecule has 120 valence electrons. The van der Waals surface area contributed by atoms with Crippen molar-refractivity contribution in [2.45, 2.75) is 19.0 Å². The molecule has 0 saturated carbocycles. The summed E-state index contributed by atoms with van der Waals surface area (Å²) in [6.45, 7) is 0. The largest absolute Gasteiger partial charge is 0.497 e. The number of benzene rings is 2. The lowest BCUT2D eigenvalue weighted by atomic mass is 9.82. The molecule has 0 N–H and O–H groups in total. The molecule has 0 aliphatic heterocycles. The molecule has 0 unspecified atom stereocenters. The van der Waals surface area contributed by atoms with E-state index in [1.807, 2.05) is 6.07 Å². The molecular weight excluding hydrogens is 325 g/mol. The number of fused-ring (bicyclic) bond motifs is 1. The van der Waals surface area contributed by atoms with Crippen molar-refractivity contribution in [2.75, 3.05) is 7.11 Å². The number of halogens is 4. The van der Waals surface area contributed by atoms with Crippen LogP contribution in [0.3, 0.4) is 0 Å². The molecule has 3 rings (SSSR count). The van der Waals surface area contributed by atoms with Crippen molar-refractivity contribution in [3.05, 3.63) is 69.8 Å². The fraction of sp³-hybridized carbons (Fsp3) is 0.222. The summed E-state index contributed by atoms with van der Waals surface area (Å²) < 4.78 is 45.7. The first kappa shape index (κ1) is 15.9. The van der Waals surface area contributed by atoms with Gasteiger partial charge in [0.2, 0.25) is 0 Å². The van der Waals surface area contributed by atoms with Gasteiger partial charge >= 0.3 is 6.18 Å². The number of ether oxygens (including phenoxy) is 1. The van der Waals surface area contributed by atoms with Gasteiger partial charge in [0.25, 0.3) is 0 Å². The summed E-state index contributed by atoms with van der Waals surface area (Å²) in [4.78, 5) is 0. The third-order valence-corrected chi connectivity index (χ3v) is 4.26. The van der Waals surface area contributed by atoms with Crippen molar-refractivity contribution in [2.24, 2.45) is 0 Å². The van der Waals surface area contributed by atoms with Gasteiger partial charge in [0.1, 0.15) is 5.75 Å². The summed E-state index contributed by atoms with van der Waals surface area (Å²) in [5, 5.41) is 0.490. The predicted molar refractivity (Wildman–Crippen MR) is 84.8 cm³/mol. The lowest BCUT2D eigenvalue weighted by Gasteiger charge is -2.26. The summed E-state index contributed by atoms with van der Waals surface area (Å²) in [5.41, 5.74) is 1.69. The van der Waals surface area contributed by atoms with Gasteiger partial charge in [0, 0.05) is 10.6 Å². The van der Waals surface area contributed by atoms with E-state index in [-0.39, 0.29) is 12.0 Å². The molecule has 2 aromatic rings. The first-order valence-corrected chi connectivity index (χ1v) is 7.51. The molecule has 0 atom stereocenters. The van der Waals surface area contributed by atoms with Crippen LogP contribution in [0.1, 0.15) is 23.1 Å². The number of methoxy groups -OCH3 is 1. The third kappa shape index (κ3) is 3.08. The van der Waals surface area contributed by atoms with Crippen molar-refractivity contribution in [3.63, 3.8) is 0 Å². The van der Waals surface area contributed by atoms with E-state index in [1.165, 1.54) is 7.11 Å². The van der Waals surface area contributed by atoms with Crippen LogP contribution in [0.25, 0.3) is 5.57 Å². The number of hydrogen-bond acceptors (Lipinski definition) is 1. The second-order valence-electron chi connectivity index (χ2n) is 5.38. The first-order chi connectivity index (χ1) is 10.9. The molecule has 1 nitrogen and oxygen atoms in total. The maximum atomic E-state index is 13.5. The summed E-state index contributed by atoms with van der Waals surface area (Å²) >= 11 is 5.87. The summed E-state index contributed by atoms with van der Waals surface area (Å²) in [7, 11) is 1.50. The third-order valence-electron chi connectivity index (χ3n) is 4.01. The van der Waals surface area contributed by atoms with E-state index >= 15 is 0 Å². The van der Waals surface area contributed by atoms with Gasteiger partial charge in [-0.1, -0.05) is 29.8 Å². The summed E-state index contributed by atoms with van der Waals surface area (Å²) in [5.74, 6) is 0.540. The normalized spacial score (nSPS) is 14.7. The topological polar surface area (TPSA) is 9.23 Å². The van der Waals surface area contributed by atoms with Crippen LogP contribution in [0.4, 0.5) is 13.2 Å². The zero-order valence-corrected chi connectivity index (χ0v) is 13.1. The maximum Gasteiger partial charge on any atom is 0.413 e. The van der Waals surface area contributed by atoms with Gasteiger partial charge in [0.15, 0.2) is 0 Å². The highest BCUT2D eigenvalue weighted by atomic mass is 35.5. The molecule has 1 aliphatic rings. The lowest BCUT2D eigenvalue weighted by Crippen LogP contribution is -2.19. The Hall–Kier alpha value is -1.94. The van der Waals surface area contributed by atoms with Gasteiger partial charge < -0.3 is 4.74 Å². The van der Waals surface area contributed by atoms with Crippen molar-refractivity contribution in [1.29, 1.82) is 0 Å². The Morgan fingerprint density at radius 3 is 2.30 bits per heavy atom. The molecule has 0 saturated heterocycles. The minimum Gasteiger partial charge on any atom is -0.497 e. The van der Waals surface area contributed by atoms with Crippen LogP contribution in [0, 0.1) is 0 Å². The van der Waals surface area contributed by atoms with Gasteiger partial charge in [-0.15, -0.1) is 0 Å². The zero-order chi connectivity index (χ0) is 16.6. The number of rotatable bonds is 2. The van der Waals surface area contributed by atoms with Crippen LogP contribution in [-0.4, -0.2) is 13.3 Å². The van der Waals surface area contributed by atoms with Gasteiger partial charge in [-0.05, 0) is 59.4 Å². The van der Waals surface area contributed by atoms with Crippen molar-refractivity contribution in [1.82, 2.24) is 0 Å². The highest BCUT2D eigenvalue weighted by Crippen LogP contribution is 2.44. The summed E-state index contributed by atoms with van der Waals surface area (Å²) in [6, 6.07) is 11.7. The molecule has 5 heteroatoms. The molecule has 0 bridgehead atoms. The molecular formula is C18H14ClF3O. The zero-order valence-electron chi connectivity index (χ0n) is 12.4. The second kappa shape index (κ2) is 5.93. The Labute approximate surface area is 137 Å². The van der Waals surface area contributed by atoms with Crippen molar-refractivity contribution < 1.29 is 17.9 Å². The van der Waals surface area contributed by atoms with Crippen LogP contribution in [0.5, 0.6) is 5.75 Å². The van der Waals surface area contributed by atoms with Crippen LogP contribution >= 0.6 is 11.6 Å². The summed E-state index contributed by atoms with van der Waals surface area (Å²) in [6.07, 6.45) is -4.03. The van der Waals surface area contributed by atoms with Crippen molar-refractivity contribution >= 4 is 17.2 Å². The SMILES string of the molecule is COc1ccc2c(c1)C(c1ccc(Cl)cc1)=C(C(F)(F)F)CC2. The van der Waals surface area contributed by atoms with E-state index in [9.17, 15) is 13.2 Å². The van der Waals surface area contributed by atoms with E-state index in [0.29, 0.717) is 28.3 Å². The number of hydrogen-bond donors (Lipinski definition) is 0. The average molecular weight is 339 g/mol. The van der Waals surface area contributed by atoms with Gasteiger partial charge in [0.05, 0.1) is 7.11 Å². The number of alkyl halides is 3. The van der Waals surface area contributed by atoms with Gasteiger partial charge in [-0.25, -0.2) is 0 Å². The maximum absolute atomic E-state index is 13.5. The molecule has 0 amide bonds. The number of aryl methyl sites for hydroxylation is 1. The standard InChI is InChI=1S/C18H14ClF3O/c1-23-14-8-4-11-5-9-16(18(20,21)22)17(15(11)10-14)12-2-6-13(19)7-3-12/h2-4,6-8,10H,5,9H2,1H3. The quantitative estimate of drug-likeness (QED) is 0.686. The van der Waals surface area contributed by atoms with Crippen LogP contribution in [-0.2, 0) is 6.42 Å². The molecule has 0 radical (unpaired) electrons. The molecule has 1 aliphatic carbocycles. The van der Waals surface area contributed by atoms with E-state index in [1.54, 1.807) is 36.4 Å². The van der Waals surface area contributed by atoms with E-state index in [2.05, 4.69) is 0 Å². The lowest BCUT2D eigenvalue weighted by molar-refractivity contribution is -0.0934. The van der Waals surface area contributed by atoms with Gasteiger partial charge in [-0.3, -0.25) is 0 Å². The minimum absolute atomic E-state index is 0.0270. The molecule has 23 heavy (non-hydrogen) atoms. The molecule has 0 heterocycles. The molecule has 0 spiro atoms. The van der Waals surface area contributed by atoms with E-state index in [0.717, 1.165) is 5.56 Å². The Kier molecular flexibility index (Phi) is 4.11. The molecule has 2 aromatic carbocycles. The van der Waals surface area contributed by atoms with Crippen LogP contribution in [0.2, 0.25) is 5.02 Å².